The fraction of sp³-hybridized carbons (Fsp3) is 0.0469. The van der Waals surface area contributed by atoms with Gasteiger partial charge < -0.3 is 19.0 Å². The minimum absolute atomic E-state index is 0.00449. The Morgan fingerprint density at radius 3 is 1.62 bits per heavy atom. The highest BCUT2D eigenvalue weighted by Gasteiger charge is 2.24. The number of benzene rings is 9. The first kappa shape index (κ1) is 39.3. The highest BCUT2D eigenvalue weighted by atomic mass is 15.1. The molecule has 0 amide bonds. The quantitative estimate of drug-likeness (QED) is 0.170. The first-order valence-corrected chi connectivity index (χ1v) is 24.0. The van der Waals surface area contributed by atoms with Crippen LogP contribution in [0.2, 0.25) is 0 Å². The molecule has 2 aliphatic rings. The van der Waals surface area contributed by atoms with Crippen LogP contribution in [0.5, 0.6) is 0 Å². The van der Waals surface area contributed by atoms with Crippen LogP contribution in [0, 0.1) is 0 Å². The van der Waals surface area contributed by atoms with E-state index in [-0.39, 0.29) is 6.04 Å². The van der Waals surface area contributed by atoms with Crippen molar-refractivity contribution in [2.24, 2.45) is 4.99 Å². The van der Waals surface area contributed by atoms with Gasteiger partial charge in [0.05, 0.1) is 39.3 Å². The van der Waals surface area contributed by atoms with Crippen LogP contribution in [0.1, 0.15) is 46.0 Å². The Hall–Kier alpha value is -8.93. The monoisotopic (exact) mass is 883 g/mol. The molecule has 9 aromatic carbocycles. The first-order chi connectivity index (χ1) is 34.2. The molecule has 0 radical (unpaired) electrons. The van der Waals surface area contributed by atoms with Gasteiger partial charge >= 0.3 is 0 Å². The van der Waals surface area contributed by atoms with Crippen LogP contribution < -0.4 is 5.32 Å². The van der Waals surface area contributed by atoms with Crippen molar-refractivity contribution in [1.82, 2.24) is 19.0 Å². The van der Waals surface area contributed by atoms with Gasteiger partial charge in [-0.1, -0.05) is 140 Å². The number of allylic oxidation sites excluding steroid dienone is 1. The summed E-state index contributed by atoms with van der Waals surface area (Å²) in [5.74, 6) is 0.872. The maximum atomic E-state index is 5.18. The maximum absolute atomic E-state index is 5.18. The minimum Gasteiger partial charge on any atom is -0.359 e. The van der Waals surface area contributed by atoms with E-state index in [4.69, 9.17) is 4.99 Å². The zero-order valence-electron chi connectivity index (χ0n) is 37.8. The zero-order chi connectivity index (χ0) is 45.4. The Morgan fingerprint density at radius 1 is 0.391 bits per heavy atom. The van der Waals surface area contributed by atoms with Crippen molar-refractivity contribution in [3.05, 3.63) is 264 Å². The molecule has 0 fully saturated rings. The van der Waals surface area contributed by atoms with Gasteiger partial charge in [0.1, 0.15) is 5.84 Å². The predicted molar refractivity (Wildman–Crippen MR) is 288 cm³/mol. The number of hydrogen-bond acceptors (Lipinski definition) is 2. The lowest BCUT2D eigenvalue weighted by Crippen LogP contribution is -2.31. The third kappa shape index (κ3) is 6.42. The molecule has 0 spiro atoms. The number of hydrogen-bond donors (Lipinski definition) is 1. The average molecular weight is 884 g/mol. The summed E-state index contributed by atoms with van der Waals surface area (Å²) in [6, 6.07) is 81.3. The molecular weight excluding hydrogens is 839 g/mol. The van der Waals surface area contributed by atoms with E-state index in [1.165, 1.54) is 88.2 Å². The summed E-state index contributed by atoms with van der Waals surface area (Å²) in [5.41, 5.74) is 19.2. The Kier molecular flexibility index (Phi) is 9.02. The Morgan fingerprint density at radius 2 is 0.913 bits per heavy atom. The van der Waals surface area contributed by atoms with Crippen LogP contribution in [-0.2, 0) is 6.42 Å². The lowest BCUT2D eigenvalue weighted by atomic mass is 9.90. The van der Waals surface area contributed by atoms with Crippen molar-refractivity contribution in [3.8, 4) is 17.1 Å². The van der Waals surface area contributed by atoms with Crippen LogP contribution in [-0.4, -0.2) is 19.5 Å². The van der Waals surface area contributed by atoms with Gasteiger partial charge in [0, 0.05) is 60.8 Å². The number of para-hydroxylation sites is 4. The molecule has 1 unspecified atom stereocenters. The van der Waals surface area contributed by atoms with Crippen molar-refractivity contribution in [2.45, 2.75) is 18.9 Å². The van der Waals surface area contributed by atoms with E-state index >= 15 is 0 Å². The molecule has 1 N–H and O–H groups in total. The van der Waals surface area contributed by atoms with Gasteiger partial charge in [-0.15, -0.1) is 0 Å². The number of amidine groups is 1. The van der Waals surface area contributed by atoms with Crippen LogP contribution >= 0.6 is 0 Å². The van der Waals surface area contributed by atoms with Gasteiger partial charge in [0.15, 0.2) is 0 Å². The molecule has 5 nitrogen and oxygen atoms in total. The SMILES string of the molecule is C1=C(c2ccc3c(c2)c2ccccc2n3-c2ccc3c(c2)c2ccccc2n3-c2ccccc2)CCc2c1c1ccccc1n2-c1ccc(C2=NC(c3ccccc3)=CC(c3ccccc3)N2)cc1. The average Bonchev–Trinajstić information content (AvgIpc) is 4.06. The number of nitrogens with zero attached hydrogens (tertiary/aromatic N) is 4. The van der Waals surface area contributed by atoms with Gasteiger partial charge in [-0.05, 0) is 132 Å². The van der Waals surface area contributed by atoms with Crippen LogP contribution in [0.15, 0.2) is 236 Å². The summed E-state index contributed by atoms with van der Waals surface area (Å²) in [5, 5.41) is 10.0. The molecule has 0 saturated carbocycles. The molecule has 1 aliphatic carbocycles. The molecule has 326 valence electrons. The van der Waals surface area contributed by atoms with Gasteiger partial charge in [-0.3, -0.25) is 0 Å². The van der Waals surface area contributed by atoms with Crippen molar-refractivity contribution in [1.29, 1.82) is 0 Å². The number of aromatic nitrogens is 3. The number of aliphatic imine (C=N–C) groups is 1. The van der Waals surface area contributed by atoms with Crippen molar-refractivity contribution in [2.75, 3.05) is 0 Å². The topological polar surface area (TPSA) is 39.2 Å². The summed E-state index contributed by atoms with van der Waals surface area (Å²) in [7, 11) is 0. The molecule has 0 bridgehead atoms. The van der Waals surface area contributed by atoms with E-state index in [2.05, 4.69) is 256 Å². The summed E-state index contributed by atoms with van der Waals surface area (Å²) in [6.07, 6.45) is 6.58. The lowest BCUT2D eigenvalue weighted by Gasteiger charge is -2.24. The molecular formula is C64H45N5. The summed E-state index contributed by atoms with van der Waals surface area (Å²) in [6.45, 7) is 0. The van der Waals surface area contributed by atoms with Crippen molar-refractivity contribution < 1.29 is 0 Å². The molecule has 14 rings (SSSR count). The Balaban J connectivity index is 0.832. The maximum Gasteiger partial charge on any atom is 0.134 e. The normalized spacial score (nSPS) is 14.8. The van der Waals surface area contributed by atoms with Gasteiger partial charge in [-0.2, -0.15) is 0 Å². The third-order valence-electron chi connectivity index (χ3n) is 14.4. The summed E-state index contributed by atoms with van der Waals surface area (Å²) in [4.78, 5) is 5.18. The van der Waals surface area contributed by atoms with Gasteiger partial charge in [-0.25, -0.2) is 4.99 Å². The third-order valence-corrected chi connectivity index (χ3v) is 14.4. The fourth-order valence-corrected chi connectivity index (χ4v) is 11.2. The summed E-state index contributed by atoms with van der Waals surface area (Å²) < 4.78 is 7.31. The second kappa shape index (κ2) is 15.9. The second-order valence-corrected chi connectivity index (χ2v) is 18.3. The molecule has 1 atom stereocenters. The van der Waals surface area contributed by atoms with E-state index in [0.29, 0.717) is 0 Å². The summed E-state index contributed by atoms with van der Waals surface area (Å²) >= 11 is 0. The van der Waals surface area contributed by atoms with Crippen molar-refractivity contribution in [3.63, 3.8) is 0 Å². The standard InChI is InChI=1S/C64H45N5/c1-4-16-42(17-5-1)56-41-57(43-18-6-2-7-19-43)66-64(65-56)44-28-32-48(33-29-44)68-58-25-13-10-22-50(58)53-38-45(30-35-61(53)68)46-31-36-62-54(39-46)51-23-11-15-27-60(51)69(62)49-34-37-63-55(40-49)52-24-12-14-26-59(52)67(63)47-20-8-3-9-21-47/h1-29,31-34,36-41,56H,30,35H2,(H,65,66). The van der Waals surface area contributed by atoms with Crippen LogP contribution in [0.4, 0.5) is 0 Å². The highest BCUT2D eigenvalue weighted by Crippen LogP contribution is 2.42. The smallest absolute Gasteiger partial charge is 0.134 e. The molecule has 0 saturated heterocycles. The molecule has 12 aromatic rings. The first-order valence-electron chi connectivity index (χ1n) is 24.0. The highest BCUT2D eigenvalue weighted by molar-refractivity contribution is 6.13. The van der Waals surface area contributed by atoms with E-state index in [0.717, 1.165) is 46.9 Å². The van der Waals surface area contributed by atoms with Crippen LogP contribution in [0.3, 0.4) is 0 Å². The van der Waals surface area contributed by atoms with E-state index in [9.17, 15) is 0 Å². The van der Waals surface area contributed by atoms with Gasteiger partial charge in [0.2, 0.25) is 0 Å². The van der Waals surface area contributed by atoms with Crippen LogP contribution in [0.25, 0.3) is 88.9 Å². The number of fused-ring (bicyclic) bond motifs is 9. The van der Waals surface area contributed by atoms with Crippen molar-refractivity contribution >= 4 is 77.7 Å². The zero-order valence-corrected chi connectivity index (χ0v) is 37.8. The molecule has 3 aromatic heterocycles. The minimum atomic E-state index is 0.00449. The largest absolute Gasteiger partial charge is 0.359 e. The predicted octanol–water partition coefficient (Wildman–Crippen LogP) is 15.4. The number of rotatable bonds is 7. The van der Waals surface area contributed by atoms with Gasteiger partial charge in [0.25, 0.3) is 0 Å². The van der Waals surface area contributed by atoms with E-state index < -0.39 is 0 Å². The number of nitrogens with one attached hydrogen (secondary N) is 1. The second-order valence-electron chi connectivity index (χ2n) is 18.3. The van der Waals surface area contributed by atoms with E-state index in [1.807, 2.05) is 0 Å². The Bertz CT molecular complexity index is 4070. The molecule has 4 heterocycles. The Labute approximate surface area is 399 Å². The lowest BCUT2D eigenvalue weighted by molar-refractivity contribution is 0.781. The molecule has 1 aliphatic heterocycles. The molecule has 5 heteroatoms. The molecule has 69 heavy (non-hydrogen) atoms. The van der Waals surface area contributed by atoms with E-state index in [1.54, 1.807) is 0 Å². The fourth-order valence-electron chi connectivity index (χ4n) is 11.2.